The quantitative estimate of drug-likeness (QED) is 0.564. The lowest BCUT2D eigenvalue weighted by atomic mass is 10.1. The fraction of sp³-hybridized carbons (Fsp3) is 0.250. The molecule has 80 valence electrons. The summed E-state index contributed by atoms with van der Waals surface area (Å²) in [6.07, 6.45) is 0. The van der Waals surface area contributed by atoms with E-state index in [1.165, 1.54) is 16.3 Å². The maximum absolute atomic E-state index is 11.2. The highest BCUT2D eigenvalue weighted by Crippen LogP contribution is 2.02. The lowest BCUT2D eigenvalue weighted by molar-refractivity contribution is -0.129. The van der Waals surface area contributed by atoms with Crippen molar-refractivity contribution in [3.8, 4) is 0 Å². The molecule has 0 saturated heterocycles. The van der Waals surface area contributed by atoms with Gasteiger partial charge in [-0.3, -0.25) is 0 Å². The SMILES string of the molecule is C=C(C)C(=O)O[SiH2]c1cccc(C)c1C. The number of aryl methyl sites for hydroxylation is 1. The molecular formula is C12H16O2Si. The van der Waals surface area contributed by atoms with Gasteiger partial charge in [0.25, 0.3) is 9.76 Å². The molecule has 0 amide bonds. The third-order valence-corrected chi connectivity index (χ3v) is 3.91. The minimum absolute atomic E-state index is 0.275. The molecule has 3 heteroatoms. The Hall–Kier alpha value is -1.35. The van der Waals surface area contributed by atoms with Gasteiger partial charge in [-0.1, -0.05) is 24.8 Å². The highest BCUT2D eigenvalue weighted by molar-refractivity contribution is 6.50. The monoisotopic (exact) mass is 220 g/mol. The van der Waals surface area contributed by atoms with Crippen molar-refractivity contribution in [3.05, 3.63) is 41.5 Å². The second-order valence-corrected chi connectivity index (χ2v) is 5.05. The van der Waals surface area contributed by atoms with Gasteiger partial charge in [0.15, 0.2) is 0 Å². The molecule has 15 heavy (non-hydrogen) atoms. The second-order valence-electron chi connectivity index (χ2n) is 3.72. The van der Waals surface area contributed by atoms with Crippen LogP contribution in [0.25, 0.3) is 0 Å². The van der Waals surface area contributed by atoms with Crippen molar-refractivity contribution < 1.29 is 9.22 Å². The average molecular weight is 220 g/mol. The topological polar surface area (TPSA) is 26.3 Å². The highest BCUT2D eigenvalue weighted by Gasteiger charge is 2.06. The molecular weight excluding hydrogens is 204 g/mol. The molecule has 0 aliphatic heterocycles. The second kappa shape index (κ2) is 4.93. The number of hydrogen-bond donors (Lipinski definition) is 0. The molecule has 0 aromatic heterocycles. The minimum atomic E-state index is -0.962. The maximum Gasteiger partial charge on any atom is 0.319 e. The van der Waals surface area contributed by atoms with Crippen LogP contribution in [0.5, 0.6) is 0 Å². The van der Waals surface area contributed by atoms with Crippen molar-refractivity contribution in [1.82, 2.24) is 0 Å². The number of carbonyl (C=O) groups excluding carboxylic acids is 1. The van der Waals surface area contributed by atoms with E-state index in [2.05, 4.69) is 26.5 Å². The van der Waals surface area contributed by atoms with Gasteiger partial charge in [-0.05, 0) is 37.1 Å². The normalized spacial score (nSPS) is 10.6. The van der Waals surface area contributed by atoms with Crippen LogP contribution in [0.3, 0.4) is 0 Å². The van der Waals surface area contributed by atoms with Gasteiger partial charge in [0.2, 0.25) is 0 Å². The maximum atomic E-state index is 11.2. The van der Waals surface area contributed by atoms with E-state index in [-0.39, 0.29) is 5.97 Å². The molecule has 0 saturated carbocycles. The summed E-state index contributed by atoms with van der Waals surface area (Å²) in [4.78, 5) is 11.2. The van der Waals surface area contributed by atoms with Crippen LogP contribution < -0.4 is 5.19 Å². The van der Waals surface area contributed by atoms with Gasteiger partial charge in [-0.2, -0.15) is 0 Å². The van der Waals surface area contributed by atoms with E-state index in [1.807, 2.05) is 12.1 Å². The van der Waals surface area contributed by atoms with E-state index in [0.29, 0.717) is 5.57 Å². The Kier molecular flexibility index (Phi) is 3.86. The van der Waals surface area contributed by atoms with Crippen LogP contribution in [0.4, 0.5) is 0 Å². The number of carbonyl (C=O) groups is 1. The molecule has 0 heterocycles. The molecule has 1 aromatic carbocycles. The fourth-order valence-corrected chi connectivity index (χ4v) is 2.50. The van der Waals surface area contributed by atoms with Crippen molar-refractivity contribution >= 4 is 20.9 Å². The van der Waals surface area contributed by atoms with E-state index < -0.39 is 9.76 Å². The average Bonchev–Trinajstić information content (AvgIpc) is 2.19. The molecule has 1 aromatic rings. The molecule has 0 radical (unpaired) electrons. The van der Waals surface area contributed by atoms with Crippen LogP contribution in [0.1, 0.15) is 18.1 Å². The molecule has 0 bridgehead atoms. The van der Waals surface area contributed by atoms with E-state index >= 15 is 0 Å². The molecule has 1 rings (SSSR count). The first kappa shape index (κ1) is 11.7. The summed E-state index contributed by atoms with van der Waals surface area (Å²) < 4.78 is 5.23. The third kappa shape index (κ3) is 3.06. The summed E-state index contributed by atoms with van der Waals surface area (Å²) in [5.74, 6) is -0.275. The number of rotatable bonds is 3. The van der Waals surface area contributed by atoms with Crippen LogP contribution in [-0.4, -0.2) is 15.7 Å². The van der Waals surface area contributed by atoms with E-state index in [9.17, 15) is 4.79 Å². The number of benzene rings is 1. The van der Waals surface area contributed by atoms with Crippen molar-refractivity contribution in [2.45, 2.75) is 20.8 Å². The zero-order chi connectivity index (χ0) is 11.4. The van der Waals surface area contributed by atoms with Crippen molar-refractivity contribution in [1.29, 1.82) is 0 Å². The van der Waals surface area contributed by atoms with Gasteiger partial charge in [0, 0.05) is 5.57 Å². The van der Waals surface area contributed by atoms with Crippen molar-refractivity contribution in [3.63, 3.8) is 0 Å². The van der Waals surface area contributed by atoms with E-state index in [0.717, 1.165) is 0 Å². The first-order valence-corrected chi connectivity index (χ1v) is 6.18. The molecule has 0 aliphatic carbocycles. The summed E-state index contributed by atoms with van der Waals surface area (Å²) in [6.45, 7) is 9.35. The Balaban J connectivity index is 2.70. The highest BCUT2D eigenvalue weighted by atomic mass is 28.2. The smallest absolute Gasteiger partial charge is 0.319 e. The molecule has 0 atom stereocenters. The van der Waals surface area contributed by atoms with Gasteiger partial charge in [0.05, 0.1) is 0 Å². The fourth-order valence-electron chi connectivity index (χ4n) is 1.23. The van der Waals surface area contributed by atoms with Crippen LogP contribution in [0, 0.1) is 13.8 Å². The summed E-state index contributed by atoms with van der Waals surface area (Å²) in [5, 5.41) is 1.18. The molecule has 2 nitrogen and oxygen atoms in total. The molecule has 0 fully saturated rings. The Morgan fingerprint density at radius 3 is 2.67 bits per heavy atom. The largest absolute Gasteiger partial charge is 0.517 e. The minimum Gasteiger partial charge on any atom is -0.517 e. The third-order valence-electron chi connectivity index (χ3n) is 2.42. The van der Waals surface area contributed by atoms with E-state index in [1.54, 1.807) is 6.92 Å². The van der Waals surface area contributed by atoms with Crippen molar-refractivity contribution in [2.24, 2.45) is 0 Å². The predicted molar refractivity (Wildman–Crippen MR) is 65.0 cm³/mol. The van der Waals surface area contributed by atoms with Gasteiger partial charge in [0.1, 0.15) is 0 Å². The Morgan fingerprint density at radius 1 is 1.40 bits per heavy atom. The molecule has 0 unspecified atom stereocenters. The lowest BCUT2D eigenvalue weighted by Crippen LogP contribution is -2.24. The zero-order valence-corrected chi connectivity index (χ0v) is 10.9. The summed E-state index contributed by atoms with van der Waals surface area (Å²) in [5.41, 5.74) is 2.94. The summed E-state index contributed by atoms with van der Waals surface area (Å²) >= 11 is 0. The van der Waals surface area contributed by atoms with Crippen molar-refractivity contribution in [2.75, 3.05) is 0 Å². The first-order chi connectivity index (χ1) is 7.02. The zero-order valence-electron chi connectivity index (χ0n) is 9.46. The van der Waals surface area contributed by atoms with Gasteiger partial charge in [-0.15, -0.1) is 0 Å². The van der Waals surface area contributed by atoms with Crippen LogP contribution >= 0.6 is 0 Å². The molecule has 0 aliphatic rings. The van der Waals surface area contributed by atoms with E-state index in [4.69, 9.17) is 4.43 Å². The Labute approximate surface area is 92.9 Å². The van der Waals surface area contributed by atoms with Crippen LogP contribution in [0.2, 0.25) is 0 Å². The first-order valence-electron chi connectivity index (χ1n) is 4.90. The van der Waals surface area contributed by atoms with Gasteiger partial charge >= 0.3 is 5.97 Å². The van der Waals surface area contributed by atoms with Gasteiger partial charge < -0.3 is 4.43 Å². The van der Waals surface area contributed by atoms with Crippen LogP contribution in [0.15, 0.2) is 30.4 Å². The number of hydrogen-bond acceptors (Lipinski definition) is 2. The van der Waals surface area contributed by atoms with Gasteiger partial charge in [-0.25, -0.2) is 4.79 Å². The summed E-state index contributed by atoms with van der Waals surface area (Å²) in [6, 6.07) is 6.09. The Morgan fingerprint density at radius 2 is 2.07 bits per heavy atom. The predicted octanol–water partition coefficient (Wildman–Crippen LogP) is 1.13. The van der Waals surface area contributed by atoms with Crippen LogP contribution in [-0.2, 0) is 9.22 Å². The molecule has 0 spiro atoms. The lowest BCUT2D eigenvalue weighted by Gasteiger charge is -2.08. The molecule has 0 N–H and O–H groups in total. The standard InChI is InChI=1S/C12H16O2Si/c1-8(2)12(13)14-15-11-7-5-6-9(3)10(11)4/h5-7H,1,15H2,2-4H3. The Bertz CT molecular complexity index is 397. The summed E-state index contributed by atoms with van der Waals surface area (Å²) in [7, 11) is -0.962.